The van der Waals surface area contributed by atoms with Crippen molar-refractivity contribution < 1.29 is 22.7 Å². The van der Waals surface area contributed by atoms with Crippen molar-refractivity contribution in [3.8, 4) is 0 Å². The molecule has 0 spiro atoms. The van der Waals surface area contributed by atoms with Crippen LogP contribution in [0.25, 0.3) is 21.8 Å². The van der Waals surface area contributed by atoms with Crippen molar-refractivity contribution in [3.05, 3.63) is 69.9 Å². The van der Waals surface area contributed by atoms with Gasteiger partial charge in [0, 0.05) is 24.7 Å². The Hall–Kier alpha value is -3.73. The number of ether oxygens (including phenoxy) is 1. The predicted molar refractivity (Wildman–Crippen MR) is 122 cm³/mol. The van der Waals surface area contributed by atoms with Gasteiger partial charge in [-0.2, -0.15) is 18.3 Å². The molecule has 0 saturated carbocycles. The van der Waals surface area contributed by atoms with Crippen molar-refractivity contribution in [2.24, 2.45) is 0 Å². The van der Waals surface area contributed by atoms with E-state index in [1.165, 1.54) is 47.6 Å². The number of carbonyl (C=O) groups excluding carboxylic acids is 1. The number of amides is 1. The van der Waals surface area contributed by atoms with Crippen molar-refractivity contribution >= 4 is 27.7 Å². The molecule has 1 unspecified atom stereocenters. The minimum Gasteiger partial charge on any atom is -0.372 e. The van der Waals surface area contributed by atoms with Crippen LogP contribution in [0.4, 0.5) is 13.2 Å². The van der Waals surface area contributed by atoms with Gasteiger partial charge in [0.15, 0.2) is 0 Å². The second-order valence-corrected chi connectivity index (χ2v) is 8.80. The minimum atomic E-state index is -4.73. The summed E-state index contributed by atoms with van der Waals surface area (Å²) < 4.78 is 49.2. The molecular formula is C24H22F3N5O3. The molecule has 0 aliphatic carbocycles. The molecule has 35 heavy (non-hydrogen) atoms. The number of fused-ring (bicyclic) bond motifs is 3. The summed E-state index contributed by atoms with van der Waals surface area (Å²) in [5, 5.41) is 7.42. The average Bonchev–Trinajstić information content (AvgIpc) is 3.28. The van der Waals surface area contributed by atoms with Crippen molar-refractivity contribution in [2.75, 3.05) is 13.1 Å². The third kappa shape index (κ3) is 4.16. The number of aromatic amines is 2. The van der Waals surface area contributed by atoms with Gasteiger partial charge in [0.25, 0.3) is 11.5 Å². The van der Waals surface area contributed by atoms with Gasteiger partial charge in [-0.05, 0) is 37.1 Å². The molecule has 4 aromatic rings. The normalized spacial score (nSPS) is 19.9. The van der Waals surface area contributed by atoms with Gasteiger partial charge in [0.2, 0.25) is 0 Å². The summed E-state index contributed by atoms with van der Waals surface area (Å²) >= 11 is 0. The quantitative estimate of drug-likeness (QED) is 0.460. The second kappa shape index (κ2) is 8.49. The first-order chi connectivity index (χ1) is 16.6. The summed E-state index contributed by atoms with van der Waals surface area (Å²) in [6.45, 7) is 4.13. The molecule has 3 atom stereocenters. The number of benzene rings is 1. The molecule has 5 rings (SSSR count). The van der Waals surface area contributed by atoms with Crippen LogP contribution in [0.5, 0.6) is 0 Å². The van der Waals surface area contributed by atoms with Crippen LogP contribution < -0.4 is 5.56 Å². The predicted octanol–water partition coefficient (Wildman–Crippen LogP) is 3.74. The lowest BCUT2D eigenvalue weighted by Gasteiger charge is -2.35. The fourth-order valence-electron chi connectivity index (χ4n) is 4.78. The molecule has 1 fully saturated rings. The second-order valence-electron chi connectivity index (χ2n) is 8.80. The zero-order chi connectivity index (χ0) is 24.9. The minimum absolute atomic E-state index is 0.120. The highest BCUT2D eigenvalue weighted by atomic mass is 19.4. The highest BCUT2D eigenvalue weighted by Gasteiger charge is 2.44. The molecular weight excluding hydrogens is 463 g/mol. The van der Waals surface area contributed by atoms with Gasteiger partial charge < -0.3 is 14.6 Å². The van der Waals surface area contributed by atoms with E-state index in [4.69, 9.17) is 4.74 Å². The zero-order valence-corrected chi connectivity index (χ0v) is 18.9. The van der Waals surface area contributed by atoms with Crippen LogP contribution in [0.2, 0.25) is 0 Å². The number of nitrogens with one attached hydrogen (secondary N) is 2. The lowest BCUT2D eigenvalue weighted by Crippen LogP contribution is -2.48. The topological polar surface area (TPSA) is 104 Å². The molecule has 0 bridgehead atoms. The summed E-state index contributed by atoms with van der Waals surface area (Å²) in [7, 11) is 0. The number of hydrogen-bond donors (Lipinski definition) is 2. The molecule has 1 saturated heterocycles. The molecule has 1 amide bonds. The van der Waals surface area contributed by atoms with Crippen LogP contribution in [-0.4, -0.2) is 62.4 Å². The molecule has 182 valence electrons. The molecule has 3 aromatic heterocycles. The van der Waals surface area contributed by atoms with E-state index in [9.17, 15) is 22.8 Å². The lowest BCUT2D eigenvalue weighted by molar-refractivity contribution is -0.141. The fraction of sp³-hybridized carbons (Fsp3) is 0.333. The smallest absolute Gasteiger partial charge is 0.372 e. The number of nitrogens with zero attached hydrogens (tertiary/aromatic N) is 3. The highest BCUT2D eigenvalue weighted by Crippen LogP contribution is 2.42. The van der Waals surface area contributed by atoms with E-state index >= 15 is 0 Å². The Morgan fingerprint density at radius 3 is 2.63 bits per heavy atom. The summed E-state index contributed by atoms with van der Waals surface area (Å²) in [6.07, 6.45) is -2.55. The Kier molecular flexibility index (Phi) is 5.59. The molecule has 0 radical (unpaired) electrons. The molecule has 1 aromatic carbocycles. The Bertz CT molecular complexity index is 1470. The fourth-order valence-corrected chi connectivity index (χ4v) is 4.78. The van der Waals surface area contributed by atoms with E-state index in [0.717, 1.165) is 0 Å². The van der Waals surface area contributed by atoms with Crippen LogP contribution in [0.1, 0.15) is 41.4 Å². The van der Waals surface area contributed by atoms with Gasteiger partial charge in [0.1, 0.15) is 11.6 Å². The summed E-state index contributed by atoms with van der Waals surface area (Å²) in [4.78, 5) is 33.9. The third-order valence-electron chi connectivity index (χ3n) is 6.17. The van der Waals surface area contributed by atoms with Crippen LogP contribution >= 0.6 is 0 Å². The van der Waals surface area contributed by atoms with E-state index in [1.54, 1.807) is 13.8 Å². The van der Waals surface area contributed by atoms with Gasteiger partial charge in [-0.25, -0.2) is 0 Å². The summed E-state index contributed by atoms with van der Waals surface area (Å²) in [5.41, 5.74) is -0.423. The molecule has 11 heteroatoms. The Balaban J connectivity index is 1.63. The number of hydrogen-bond acceptors (Lipinski definition) is 5. The van der Waals surface area contributed by atoms with Gasteiger partial charge >= 0.3 is 6.18 Å². The van der Waals surface area contributed by atoms with Crippen LogP contribution in [-0.2, 0) is 4.74 Å². The van der Waals surface area contributed by atoms with E-state index in [2.05, 4.69) is 20.2 Å². The summed E-state index contributed by atoms with van der Waals surface area (Å²) in [6, 6.07) is 6.79. The van der Waals surface area contributed by atoms with Gasteiger partial charge in [-0.1, -0.05) is 18.2 Å². The Morgan fingerprint density at radius 1 is 1.17 bits per heavy atom. The van der Waals surface area contributed by atoms with Crippen molar-refractivity contribution in [1.82, 2.24) is 25.1 Å². The molecule has 1 aliphatic heterocycles. The lowest BCUT2D eigenvalue weighted by atomic mass is 9.88. The van der Waals surface area contributed by atoms with Crippen molar-refractivity contribution in [1.29, 1.82) is 0 Å². The first kappa shape index (κ1) is 23.0. The number of morpholine rings is 1. The maximum atomic E-state index is 14.5. The van der Waals surface area contributed by atoms with Crippen LogP contribution in [0.15, 0.2) is 47.5 Å². The monoisotopic (exact) mass is 485 g/mol. The molecule has 4 heterocycles. The number of carbonyl (C=O) groups is 1. The molecule has 2 N–H and O–H groups in total. The van der Waals surface area contributed by atoms with E-state index in [0.29, 0.717) is 16.3 Å². The van der Waals surface area contributed by atoms with E-state index < -0.39 is 23.6 Å². The van der Waals surface area contributed by atoms with Crippen LogP contribution in [0.3, 0.4) is 0 Å². The largest absolute Gasteiger partial charge is 0.399 e. The first-order valence-electron chi connectivity index (χ1n) is 11.1. The Labute approximate surface area is 197 Å². The third-order valence-corrected chi connectivity index (χ3v) is 6.17. The summed E-state index contributed by atoms with van der Waals surface area (Å²) in [5.74, 6) is -2.71. The molecule has 1 aliphatic rings. The molecule has 8 nitrogen and oxygen atoms in total. The number of pyridine rings is 2. The van der Waals surface area contributed by atoms with Crippen LogP contribution in [0, 0.1) is 0 Å². The van der Waals surface area contributed by atoms with Crippen molar-refractivity contribution in [3.63, 3.8) is 0 Å². The number of alkyl halides is 3. The highest BCUT2D eigenvalue weighted by molar-refractivity contribution is 6.02. The average molecular weight is 485 g/mol. The van der Waals surface area contributed by atoms with E-state index in [1.807, 2.05) is 0 Å². The number of aromatic nitrogens is 4. The van der Waals surface area contributed by atoms with Gasteiger partial charge in [-0.15, -0.1) is 0 Å². The number of rotatable bonds is 3. The van der Waals surface area contributed by atoms with Crippen molar-refractivity contribution in [2.45, 2.75) is 38.1 Å². The van der Waals surface area contributed by atoms with Gasteiger partial charge in [-0.3, -0.25) is 19.7 Å². The zero-order valence-electron chi connectivity index (χ0n) is 18.9. The standard InChI is InChI=1S/C24H22F3N5O3/c1-12-10-32(11-13(2)35-12)23(34)21-16(4-3-7-28-21)19(24(25,26)27)14-5-6-15-18(8-14)30-22(33)17-9-29-31-20(15)17/h3-9,12-13,19H,10-11H2,1-2H3,(H,29,31)(H,30,33)/t12-,13+,19?. The van der Waals surface area contributed by atoms with Gasteiger partial charge in [0.05, 0.1) is 34.8 Å². The maximum Gasteiger partial charge on any atom is 0.399 e. The maximum absolute atomic E-state index is 14.5. The Morgan fingerprint density at radius 2 is 1.91 bits per heavy atom. The SMILES string of the molecule is C[C@@H]1CN(C(=O)c2ncccc2C(c2ccc3c(c2)[nH]c(=O)c2cn[nH]c23)C(F)(F)F)C[C@H](C)O1. The number of halogens is 3. The number of H-pyrrole nitrogens is 2. The first-order valence-corrected chi connectivity index (χ1v) is 11.1. The van der Waals surface area contributed by atoms with E-state index in [-0.39, 0.29) is 47.6 Å².